The number of nitrogen functional groups attached to an aromatic ring is 1. The molecule has 0 saturated carbocycles. The van der Waals surface area contributed by atoms with Crippen molar-refractivity contribution in [3.8, 4) is 0 Å². The lowest BCUT2D eigenvalue weighted by molar-refractivity contribution is -0.119. The van der Waals surface area contributed by atoms with Gasteiger partial charge in [0.05, 0.1) is 5.56 Å². The van der Waals surface area contributed by atoms with Crippen LogP contribution in [0.1, 0.15) is 35.2 Å². The van der Waals surface area contributed by atoms with Crippen molar-refractivity contribution in [1.82, 2.24) is 5.06 Å². The van der Waals surface area contributed by atoms with Gasteiger partial charge in [0, 0.05) is 18.8 Å². The monoisotopic (exact) mass is 246 g/mol. The molecule has 4 nitrogen and oxygen atoms in total. The second kappa shape index (κ2) is 5.69. The van der Waals surface area contributed by atoms with Gasteiger partial charge in [-0.25, -0.2) is 4.79 Å². The van der Waals surface area contributed by atoms with Gasteiger partial charge in [0.15, 0.2) is 0 Å². The number of piperidine rings is 1. The first kappa shape index (κ1) is 12.6. The first-order chi connectivity index (χ1) is 8.70. The fourth-order valence-electron chi connectivity index (χ4n) is 2.02. The highest BCUT2D eigenvalue weighted by Crippen LogP contribution is 2.18. The van der Waals surface area contributed by atoms with E-state index in [9.17, 15) is 4.79 Å². The van der Waals surface area contributed by atoms with Crippen LogP contribution in [-0.2, 0) is 4.84 Å². The van der Waals surface area contributed by atoms with Gasteiger partial charge in [-0.2, -0.15) is 0 Å². The summed E-state index contributed by atoms with van der Waals surface area (Å²) in [4.78, 5) is 17.3. The Hall–Kier alpha value is -1.81. The SMILES string of the molecule is C=Cc1ccc(C(=O)ON2CCCCC2)c(N)c1. The molecule has 96 valence electrons. The molecule has 1 aliphatic heterocycles. The maximum absolute atomic E-state index is 12.0. The number of carbonyl (C=O) groups is 1. The number of rotatable bonds is 3. The summed E-state index contributed by atoms with van der Waals surface area (Å²) in [5.74, 6) is -0.384. The van der Waals surface area contributed by atoms with Crippen LogP contribution in [0, 0.1) is 0 Å². The molecule has 2 N–H and O–H groups in total. The van der Waals surface area contributed by atoms with E-state index >= 15 is 0 Å². The second-order valence-electron chi connectivity index (χ2n) is 4.42. The second-order valence-corrected chi connectivity index (χ2v) is 4.42. The van der Waals surface area contributed by atoms with Gasteiger partial charge >= 0.3 is 5.97 Å². The molecule has 0 spiro atoms. The third-order valence-electron chi connectivity index (χ3n) is 3.06. The van der Waals surface area contributed by atoms with E-state index in [4.69, 9.17) is 10.6 Å². The third kappa shape index (κ3) is 2.90. The minimum atomic E-state index is -0.384. The van der Waals surface area contributed by atoms with Crippen LogP contribution in [0.2, 0.25) is 0 Å². The van der Waals surface area contributed by atoms with E-state index < -0.39 is 0 Å². The Morgan fingerprint density at radius 3 is 2.67 bits per heavy atom. The summed E-state index contributed by atoms with van der Waals surface area (Å²) in [5, 5.41) is 1.71. The van der Waals surface area contributed by atoms with E-state index in [1.54, 1.807) is 29.3 Å². The lowest BCUT2D eigenvalue weighted by Crippen LogP contribution is -2.32. The van der Waals surface area contributed by atoms with Gasteiger partial charge in [-0.3, -0.25) is 0 Å². The zero-order chi connectivity index (χ0) is 13.0. The van der Waals surface area contributed by atoms with E-state index in [0.29, 0.717) is 11.3 Å². The van der Waals surface area contributed by atoms with E-state index in [1.165, 1.54) is 6.42 Å². The number of nitrogens with zero attached hydrogens (tertiary/aromatic N) is 1. The third-order valence-corrected chi connectivity index (χ3v) is 3.06. The molecular weight excluding hydrogens is 228 g/mol. The van der Waals surface area contributed by atoms with Gasteiger partial charge < -0.3 is 10.6 Å². The molecule has 0 atom stereocenters. The minimum absolute atomic E-state index is 0.384. The largest absolute Gasteiger partial charge is 0.398 e. The maximum atomic E-state index is 12.0. The van der Waals surface area contributed by atoms with E-state index in [2.05, 4.69) is 6.58 Å². The van der Waals surface area contributed by atoms with E-state index in [1.807, 2.05) is 0 Å². The molecule has 18 heavy (non-hydrogen) atoms. The average molecular weight is 246 g/mol. The minimum Gasteiger partial charge on any atom is -0.398 e. The Balaban J connectivity index is 2.06. The van der Waals surface area contributed by atoms with Crippen LogP contribution in [0.5, 0.6) is 0 Å². The van der Waals surface area contributed by atoms with Crippen LogP contribution in [0.15, 0.2) is 24.8 Å². The summed E-state index contributed by atoms with van der Waals surface area (Å²) in [6, 6.07) is 5.20. The Kier molecular flexibility index (Phi) is 3.99. The first-order valence-electron chi connectivity index (χ1n) is 6.20. The predicted octanol–water partition coefficient (Wildman–Crippen LogP) is 2.47. The van der Waals surface area contributed by atoms with Crippen molar-refractivity contribution in [3.63, 3.8) is 0 Å². The molecule has 0 unspecified atom stereocenters. The van der Waals surface area contributed by atoms with E-state index in [-0.39, 0.29) is 5.97 Å². The first-order valence-corrected chi connectivity index (χ1v) is 6.20. The van der Waals surface area contributed by atoms with Crippen molar-refractivity contribution in [3.05, 3.63) is 35.9 Å². The topological polar surface area (TPSA) is 55.6 Å². The lowest BCUT2D eigenvalue weighted by Gasteiger charge is -2.24. The zero-order valence-corrected chi connectivity index (χ0v) is 10.4. The number of hydrogen-bond acceptors (Lipinski definition) is 4. The van der Waals surface area contributed by atoms with Crippen molar-refractivity contribution >= 4 is 17.7 Å². The van der Waals surface area contributed by atoms with Crippen molar-refractivity contribution in [1.29, 1.82) is 0 Å². The molecule has 1 aromatic rings. The van der Waals surface area contributed by atoms with E-state index in [0.717, 1.165) is 31.5 Å². The summed E-state index contributed by atoms with van der Waals surface area (Å²) < 4.78 is 0. The van der Waals surface area contributed by atoms with Crippen molar-refractivity contribution in [2.24, 2.45) is 0 Å². The van der Waals surface area contributed by atoms with Crippen molar-refractivity contribution < 1.29 is 9.63 Å². The van der Waals surface area contributed by atoms with Crippen LogP contribution in [-0.4, -0.2) is 24.1 Å². The highest BCUT2D eigenvalue weighted by Gasteiger charge is 2.18. The van der Waals surface area contributed by atoms with Crippen molar-refractivity contribution in [2.45, 2.75) is 19.3 Å². The molecule has 1 heterocycles. The molecule has 1 aromatic carbocycles. The Labute approximate surface area is 107 Å². The molecule has 1 fully saturated rings. The molecule has 0 amide bonds. The molecule has 0 bridgehead atoms. The summed E-state index contributed by atoms with van der Waals surface area (Å²) in [7, 11) is 0. The maximum Gasteiger partial charge on any atom is 0.359 e. The lowest BCUT2D eigenvalue weighted by atomic mass is 10.1. The van der Waals surface area contributed by atoms with Gasteiger partial charge in [-0.15, -0.1) is 5.06 Å². The smallest absolute Gasteiger partial charge is 0.359 e. The molecule has 4 heteroatoms. The fraction of sp³-hybridized carbons (Fsp3) is 0.357. The number of anilines is 1. The fourth-order valence-corrected chi connectivity index (χ4v) is 2.02. The van der Waals surface area contributed by atoms with Gasteiger partial charge in [0.2, 0.25) is 0 Å². The normalized spacial score (nSPS) is 16.2. The predicted molar refractivity (Wildman–Crippen MR) is 71.8 cm³/mol. The number of carbonyl (C=O) groups excluding carboxylic acids is 1. The van der Waals surface area contributed by atoms with Crippen molar-refractivity contribution in [2.75, 3.05) is 18.8 Å². The highest BCUT2D eigenvalue weighted by atomic mass is 16.7. The molecule has 0 radical (unpaired) electrons. The van der Waals surface area contributed by atoms with Crippen LogP contribution in [0.3, 0.4) is 0 Å². The average Bonchev–Trinajstić information content (AvgIpc) is 2.39. The van der Waals surface area contributed by atoms with Gasteiger partial charge in [-0.1, -0.05) is 25.1 Å². The summed E-state index contributed by atoms with van der Waals surface area (Å²) in [5.41, 5.74) is 7.56. The Morgan fingerprint density at radius 2 is 2.06 bits per heavy atom. The Morgan fingerprint density at radius 1 is 1.33 bits per heavy atom. The highest BCUT2D eigenvalue weighted by molar-refractivity contribution is 5.95. The zero-order valence-electron chi connectivity index (χ0n) is 10.4. The number of hydrogen-bond donors (Lipinski definition) is 1. The van der Waals surface area contributed by atoms with Crippen LogP contribution < -0.4 is 5.73 Å². The molecule has 2 rings (SSSR count). The molecule has 1 aliphatic rings. The molecular formula is C14H18N2O2. The number of benzene rings is 1. The van der Waals surface area contributed by atoms with Gasteiger partial charge in [0.1, 0.15) is 0 Å². The molecule has 1 saturated heterocycles. The number of hydroxylamine groups is 2. The van der Waals surface area contributed by atoms with Gasteiger partial charge in [0.25, 0.3) is 0 Å². The van der Waals surface area contributed by atoms with Crippen LogP contribution in [0.25, 0.3) is 6.08 Å². The Bertz CT molecular complexity index is 451. The molecule has 0 aliphatic carbocycles. The standard InChI is InChI=1S/C14H18N2O2/c1-2-11-6-7-12(13(15)10-11)14(17)18-16-8-4-3-5-9-16/h2,6-7,10H,1,3-5,8-9,15H2. The summed E-state index contributed by atoms with van der Waals surface area (Å²) in [6.45, 7) is 5.26. The van der Waals surface area contributed by atoms with Gasteiger partial charge in [-0.05, 0) is 30.5 Å². The quantitative estimate of drug-likeness (QED) is 0.832. The summed E-state index contributed by atoms with van der Waals surface area (Å²) >= 11 is 0. The number of nitrogens with two attached hydrogens (primary N) is 1. The molecule has 0 aromatic heterocycles. The van der Waals surface area contributed by atoms with Crippen LogP contribution in [0.4, 0.5) is 5.69 Å². The summed E-state index contributed by atoms with van der Waals surface area (Å²) in [6.07, 6.45) is 5.02. The van der Waals surface area contributed by atoms with Crippen LogP contribution >= 0.6 is 0 Å².